The van der Waals surface area contributed by atoms with E-state index in [-0.39, 0.29) is 11.7 Å². The van der Waals surface area contributed by atoms with Gasteiger partial charge in [-0.25, -0.2) is 0 Å². The Morgan fingerprint density at radius 3 is 2.50 bits per heavy atom. The summed E-state index contributed by atoms with van der Waals surface area (Å²) >= 11 is 0. The number of allylic oxidation sites excluding steroid dienone is 1. The Hall–Kier alpha value is -1.94. The third-order valence-electron chi connectivity index (χ3n) is 4.94. The molecular formula is C20H26N2O2. The molecule has 0 bridgehead atoms. The van der Waals surface area contributed by atoms with Gasteiger partial charge in [0.1, 0.15) is 0 Å². The minimum absolute atomic E-state index is 0.00925. The molecule has 0 atom stereocenters. The topological polar surface area (TPSA) is 49.4 Å². The second-order valence-electron chi connectivity index (χ2n) is 6.70. The van der Waals surface area contributed by atoms with Crippen molar-refractivity contribution in [2.24, 2.45) is 0 Å². The molecule has 24 heavy (non-hydrogen) atoms. The zero-order chi connectivity index (χ0) is 16.9. The molecule has 3 rings (SSSR count). The van der Waals surface area contributed by atoms with Crippen LogP contribution in [0.2, 0.25) is 0 Å². The van der Waals surface area contributed by atoms with E-state index in [4.69, 9.17) is 0 Å². The molecule has 4 heteroatoms. The second-order valence-corrected chi connectivity index (χ2v) is 6.70. The highest BCUT2D eigenvalue weighted by Gasteiger charge is 2.26. The lowest BCUT2D eigenvalue weighted by Gasteiger charge is -2.19. The number of fused-ring (bicyclic) bond motifs is 1. The van der Waals surface area contributed by atoms with Crippen LogP contribution in [0.3, 0.4) is 0 Å². The van der Waals surface area contributed by atoms with Gasteiger partial charge in [-0.3, -0.25) is 14.5 Å². The zero-order valence-corrected chi connectivity index (χ0v) is 14.4. The van der Waals surface area contributed by atoms with Crippen molar-refractivity contribution in [3.63, 3.8) is 0 Å². The third kappa shape index (κ3) is 3.75. The molecule has 1 amide bonds. The van der Waals surface area contributed by atoms with E-state index in [9.17, 15) is 9.59 Å². The van der Waals surface area contributed by atoms with Crippen LogP contribution in [0.1, 0.15) is 50.2 Å². The lowest BCUT2D eigenvalue weighted by atomic mass is 10.1. The average molecular weight is 326 g/mol. The summed E-state index contributed by atoms with van der Waals surface area (Å²) in [7, 11) is 0. The monoisotopic (exact) mass is 326 g/mol. The Balaban J connectivity index is 1.74. The van der Waals surface area contributed by atoms with Gasteiger partial charge in [-0.1, -0.05) is 44.0 Å². The molecule has 1 saturated heterocycles. The summed E-state index contributed by atoms with van der Waals surface area (Å²) in [4.78, 5) is 27.1. The van der Waals surface area contributed by atoms with Crippen molar-refractivity contribution in [1.29, 1.82) is 0 Å². The molecule has 1 N–H and O–H groups in total. The van der Waals surface area contributed by atoms with E-state index in [1.165, 1.54) is 25.7 Å². The summed E-state index contributed by atoms with van der Waals surface area (Å²) < 4.78 is 0. The molecule has 1 aliphatic heterocycles. The molecule has 128 valence electrons. The molecule has 2 aliphatic rings. The molecule has 1 heterocycles. The Morgan fingerprint density at radius 1 is 1.08 bits per heavy atom. The molecule has 0 unspecified atom stereocenters. The summed E-state index contributed by atoms with van der Waals surface area (Å²) in [5.74, 6) is 0.112. The maximum Gasteiger partial charge on any atom is 0.238 e. The van der Waals surface area contributed by atoms with Gasteiger partial charge in [0.25, 0.3) is 0 Å². The van der Waals surface area contributed by atoms with Gasteiger partial charge >= 0.3 is 0 Å². The SMILES string of the molecule is CCC(=O)C1=C(NC(=O)CN2CCCCCC2)c2ccccc2C1. The quantitative estimate of drug-likeness (QED) is 0.905. The highest BCUT2D eigenvalue weighted by Crippen LogP contribution is 2.31. The second kappa shape index (κ2) is 7.75. The largest absolute Gasteiger partial charge is 0.324 e. The summed E-state index contributed by atoms with van der Waals surface area (Å²) in [5.41, 5.74) is 3.61. The Labute approximate surface area is 143 Å². The van der Waals surface area contributed by atoms with Crippen LogP contribution < -0.4 is 5.32 Å². The first-order valence-electron chi connectivity index (χ1n) is 9.06. The number of carbonyl (C=O) groups excluding carboxylic acids is 2. The van der Waals surface area contributed by atoms with Crippen LogP contribution in [-0.2, 0) is 16.0 Å². The minimum atomic E-state index is -0.00925. The number of rotatable bonds is 5. The van der Waals surface area contributed by atoms with E-state index in [0.29, 0.717) is 19.4 Å². The zero-order valence-electron chi connectivity index (χ0n) is 14.4. The average Bonchev–Trinajstić information content (AvgIpc) is 2.76. The molecule has 4 nitrogen and oxygen atoms in total. The maximum atomic E-state index is 12.5. The van der Waals surface area contributed by atoms with Crippen LogP contribution in [0.25, 0.3) is 5.70 Å². The summed E-state index contributed by atoms with van der Waals surface area (Å²) in [6.07, 6.45) is 5.94. The highest BCUT2D eigenvalue weighted by atomic mass is 16.2. The fraction of sp³-hybridized carbons (Fsp3) is 0.500. The van der Waals surface area contributed by atoms with Crippen molar-refractivity contribution >= 4 is 17.4 Å². The van der Waals surface area contributed by atoms with Crippen molar-refractivity contribution in [2.45, 2.75) is 45.4 Å². The predicted molar refractivity (Wildman–Crippen MR) is 95.4 cm³/mol. The Morgan fingerprint density at radius 2 is 1.79 bits per heavy atom. The number of likely N-dealkylation sites (tertiary alicyclic amines) is 1. The first kappa shape index (κ1) is 16.9. The lowest BCUT2D eigenvalue weighted by molar-refractivity contribution is -0.121. The van der Waals surface area contributed by atoms with Gasteiger partial charge < -0.3 is 5.32 Å². The van der Waals surface area contributed by atoms with Gasteiger partial charge in [0.05, 0.1) is 12.2 Å². The smallest absolute Gasteiger partial charge is 0.238 e. The van der Waals surface area contributed by atoms with Crippen molar-refractivity contribution in [3.8, 4) is 0 Å². The number of hydrogen-bond acceptors (Lipinski definition) is 3. The number of nitrogens with one attached hydrogen (secondary N) is 1. The van der Waals surface area contributed by atoms with Gasteiger partial charge in [0.15, 0.2) is 5.78 Å². The van der Waals surface area contributed by atoms with Gasteiger partial charge in [0.2, 0.25) is 5.91 Å². The first-order chi connectivity index (χ1) is 11.7. The fourth-order valence-corrected chi connectivity index (χ4v) is 3.63. The number of carbonyl (C=O) groups is 2. The molecule has 0 saturated carbocycles. The number of ketones is 1. The predicted octanol–water partition coefficient (Wildman–Crippen LogP) is 2.93. The molecule has 1 fully saturated rings. The van der Waals surface area contributed by atoms with Crippen molar-refractivity contribution in [1.82, 2.24) is 10.2 Å². The third-order valence-corrected chi connectivity index (χ3v) is 4.94. The fourth-order valence-electron chi connectivity index (χ4n) is 3.63. The number of benzene rings is 1. The summed E-state index contributed by atoms with van der Waals surface area (Å²) in [6.45, 7) is 4.27. The van der Waals surface area contributed by atoms with Crippen molar-refractivity contribution < 1.29 is 9.59 Å². The number of nitrogens with zero attached hydrogens (tertiary/aromatic N) is 1. The molecule has 0 radical (unpaired) electrons. The first-order valence-corrected chi connectivity index (χ1v) is 9.06. The molecular weight excluding hydrogens is 300 g/mol. The molecule has 0 spiro atoms. The van der Waals surface area contributed by atoms with Crippen LogP contribution in [-0.4, -0.2) is 36.2 Å². The van der Waals surface area contributed by atoms with Crippen molar-refractivity contribution in [3.05, 3.63) is 41.0 Å². The van der Waals surface area contributed by atoms with Crippen LogP contribution >= 0.6 is 0 Å². The van der Waals surface area contributed by atoms with E-state index < -0.39 is 0 Å². The van der Waals surface area contributed by atoms with E-state index in [1.807, 2.05) is 31.2 Å². The number of Topliss-reactive ketones (excluding diaryl/α,β-unsaturated/α-hetero) is 1. The molecule has 1 aromatic carbocycles. The Bertz CT molecular complexity index is 655. The molecule has 1 aliphatic carbocycles. The standard InChI is InChI=1S/C20H26N2O2/c1-2-18(23)17-13-15-9-5-6-10-16(15)20(17)21-19(24)14-22-11-7-3-4-8-12-22/h5-6,9-10H,2-4,7-8,11-14H2,1H3,(H,21,24). The van der Waals surface area contributed by atoms with E-state index in [2.05, 4.69) is 10.2 Å². The molecule has 0 aromatic heterocycles. The Kier molecular flexibility index (Phi) is 5.46. The van der Waals surface area contributed by atoms with Crippen LogP contribution in [0.5, 0.6) is 0 Å². The van der Waals surface area contributed by atoms with Gasteiger partial charge in [-0.2, -0.15) is 0 Å². The van der Waals surface area contributed by atoms with E-state index in [0.717, 1.165) is 35.5 Å². The number of amides is 1. The van der Waals surface area contributed by atoms with E-state index >= 15 is 0 Å². The lowest BCUT2D eigenvalue weighted by Crippen LogP contribution is -2.37. The number of hydrogen-bond donors (Lipinski definition) is 1. The maximum absolute atomic E-state index is 12.5. The van der Waals surface area contributed by atoms with Gasteiger partial charge in [-0.15, -0.1) is 0 Å². The minimum Gasteiger partial charge on any atom is -0.324 e. The van der Waals surface area contributed by atoms with Crippen LogP contribution in [0.15, 0.2) is 29.8 Å². The van der Waals surface area contributed by atoms with Crippen LogP contribution in [0, 0.1) is 0 Å². The van der Waals surface area contributed by atoms with Gasteiger partial charge in [-0.05, 0) is 31.5 Å². The van der Waals surface area contributed by atoms with E-state index in [1.54, 1.807) is 0 Å². The van der Waals surface area contributed by atoms with Gasteiger partial charge in [0, 0.05) is 24.0 Å². The van der Waals surface area contributed by atoms with Crippen LogP contribution in [0.4, 0.5) is 0 Å². The molecule has 1 aromatic rings. The summed E-state index contributed by atoms with van der Waals surface area (Å²) in [5, 5.41) is 3.05. The van der Waals surface area contributed by atoms with Crippen molar-refractivity contribution in [2.75, 3.05) is 19.6 Å². The highest BCUT2D eigenvalue weighted by molar-refractivity contribution is 6.07. The summed E-state index contributed by atoms with van der Waals surface area (Å²) in [6, 6.07) is 7.97. The normalized spacial score (nSPS) is 18.2.